The number of amides is 3. The van der Waals surface area contributed by atoms with E-state index in [0.29, 0.717) is 37.2 Å². The fourth-order valence-corrected chi connectivity index (χ4v) is 7.77. The van der Waals surface area contributed by atoms with E-state index in [1.807, 2.05) is 29.1 Å². The van der Waals surface area contributed by atoms with Crippen molar-refractivity contribution in [3.05, 3.63) is 64.1 Å². The Bertz CT molecular complexity index is 1630. The largest absolute Gasteiger partial charge is 0.543 e. The van der Waals surface area contributed by atoms with Crippen LogP contribution in [0, 0.1) is 0 Å². The van der Waals surface area contributed by atoms with Crippen molar-refractivity contribution in [1.82, 2.24) is 20.1 Å². The van der Waals surface area contributed by atoms with Gasteiger partial charge in [-0.25, -0.2) is 9.55 Å². The molecule has 2 aromatic heterocycles. The number of carboxylic acids is 1. The van der Waals surface area contributed by atoms with Gasteiger partial charge in [0.1, 0.15) is 29.8 Å². The van der Waals surface area contributed by atoms with Crippen molar-refractivity contribution in [3.8, 4) is 0 Å². The highest BCUT2D eigenvalue weighted by Gasteiger charge is 2.53. The molecule has 4 N–H and O–H groups in total. The first-order valence-corrected chi connectivity index (χ1v) is 16.9. The lowest BCUT2D eigenvalue weighted by atomic mass is 10.0. The average molecular weight is 668 g/mol. The van der Waals surface area contributed by atoms with E-state index in [4.69, 9.17) is 15.7 Å². The van der Waals surface area contributed by atoms with Gasteiger partial charge >= 0.3 is 0 Å². The Morgan fingerprint density at radius 1 is 1.26 bits per heavy atom. The zero-order valence-corrected chi connectivity index (χ0v) is 26.4. The number of nitrogens with two attached hydrogens (primary N) is 1. The van der Waals surface area contributed by atoms with Gasteiger partial charge < -0.3 is 35.8 Å². The van der Waals surface area contributed by atoms with Crippen molar-refractivity contribution in [2.24, 2.45) is 5.16 Å². The molecule has 2 atom stereocenters. The van der Waals surface area contributed by atoms with E-state index in [9.17, 15) is 24.3 Å². The number of nitrogens with one attached hydrogen (secondary N) is 1. The van der Waals surface area contributed by atoms with Crippen molar-refractivity contribution in [2.75, 3.05) is 24.6 Å². The number of aliphatic hydroxyl groups is 1. The Balaban J connectivity index is 1.15. The molecule has 4 aliphatic rings. The molecule has 46 heavy (non-hydrogen) atoms. The second-order valence-corrected chi connectivity index (χ2v) is 13.4. The van der Waals surface area contributed by atoms with Gasteiger partial charge in [0.15, 0.2) is 29.8 Å². The standard InChI is InChI=1S/C30H33N7O7S2/c31-30-32-21(16-46-30)22(34-44-20-3-1-2-4-20)25(39)33-23-27(41)37-24(29(42)43)19(15-45-28(23)37)13-18-7-10-36(26(18)40)14-17-5-8-35(9-6-17)11-12-38/h5-6,8-9,13,16,20,23,28,38H,1-4,7,10-12,14-15H2,(H3-,31,32,33,39,42,43)/b18-13+,34-22-/t23-,28-/m1/s1. The Kier molecular flexibility index (Phi) is 9.37. The van der Waals surface area contributed by atoms with E-state index in [1.165, 1.54) is 11.8 Å². The molecule has 5 heterocycles. The summed E-state index contributed by atoms with van der Waals surface area (Å²) in [6.07, 6.45) is 9.20. The molecule has 0 radical (unpaired) electrons. The zero-order valence-electron chi connectivity index (χ0n) is 24.8. The van der Waals surface area contributed by atoms with Crippen LogP contribution in [0.2, 0.25) is 0 Å². The topological polar surface area (TPSA) is 194 Å². The van der Waals surface area contributed by atoms with Gasteiger partial charge in [0.05, 0.1) is 11.7 Å². The number of nitrogen functional groups attached to an aromatic ring is 1. The van der Waals surface area contributed by atoms with Crippen LogP contribution in [0.25, 0.3) is 0 Å². The monoisotopic (exact) mass is 667 g/mol. The molecule has 6 rings (SSSR count). The summed E-state index contributed by atoms with van der Waals surface area (Å²) in [6.45, 7) is 1.36. The molecule has 0 aromatic carbocycles. The Hall–Kier alpha value is -4.28. The summed E-state index contributed by atoms with van der Waals surface area (Å²) in [5, 5.41) is 29.3. The SMILES string of the molecule is Nc1nc(/C(=N/OC2CCCC2)C(=O)N[C@@H]2C(=O)N3C(C(=O)[O-])=C(/C=C4\CCN(Cc5cc[n+](CCO)cc5)C4=O)CS[C@H]23)cs1. The minimum Gasteiger partial charge on any atom is -0.543 e. The number of allylic oxidation sites excluding steroid dienone is 1. The number of thiazole rings is 1. The van der Waals surface area contributed by atoms with Gasteiger partial charge in [-0.2, -0.15) is 0 Å². The molecular weight excluding hydrogens is 635 g/mol. The third-order valence-electron chi connectivity index (χ3n) is 8.31. The van der Waals surface area contributed by atoms with Crippen LogP contribution in [0.15, 0.2) is 58.0 Å². The fourth-order valence-electron chi connectivity index (χ4n) is 5.92. The van der Waals surface area contributed by atoms with E-state index in [0.717, 1.165) is 47.5 Å². The van der Waals surface area contributed by atoms with Crippen LogP contribution < -0.4 is 20.7 Å². The number of carboxylic acid groups (broad SMARTS) is 1. The summed E-state index contributed by atoms with van der Waals surface area (Å²) in [6, 6.07) is 2.75. The molecule has 14 nitrogen and oxygen atoms in total. The van der Waals surface area contributed by atoms with Crippen LogP contribution in [-0.4, -0.2) is 85.7 Å². The Morgan fingerprint density at radius 2 is 2.02 bits per heavy atom. The summed E-state index contributed by atoms with van der Waals surface area (Å²) in [5.41, 5.74) is 7.25. The molecule has 3 amide bonds. The van der Waals surface area contributed by atoms with Crippen molar-refractivity contribution < 1.29 is 38.8 Å². The van der Waals surface area contributed by atoms with Gasteiger partial charge in [0.2, 0.25) is 5.91 Å². The van der Waals surface area contributed by atoms with Crippen LogP contribution in [0.3, 0.4) is 0 Å². The van der Waals surface area contributed by atoms with Crippen LogP contribution >= 0.6 is 23.1 Å². The third kappa shape index (κ3) is 6.50. The molecule has 1 saturated carbocycles. The number of hydrogen-bond acceptors (Lipinski definition) is 12. The van der Waals surface area contributed by atoms with Crippen LogP contribution in [0.5, 0.6) is 0 Å². The van der Waals surface area contributed by atoms with E-state index in [1.54, 1.807) is 16.4 Å². The highest BCUT2D eigenvalue weighted by atomic mass is 32.2. The number of likely N-dealkylation sites (tertiary alicyclic amines) is 1. The first kappa shape index (κ1) is 31.7. The number of rotatable bonds is 11. The lowest BCUT2D eigenvalue weighted by Gasteiger charge is -2.50. The number of oxime groups is 1. The Labute approximate surface area is 272 Å². The average Bonchev–Trinajstić information content (AvgIpc) is 3.80. The van der Waals surface area contributed by atoms with Gasteiger partial charge in [-0.3, -0.25) is 19.3 Å². The van der Waals surface area contributed by atoms with E-state index in [2.05, 4.69) is 15.5 Å². The number of thioether (sulfide) groups is 1. The maximum atomic E-state index is 13.4. The zero-order chi connectivity index (χ0) is 32.4. The minimum absolute atomic E-state index is 0.0264. The molecular formula is C30H33N7O7S2. The summed E-state index contributed by atoms with van der Waals surface area (Å²) in [4.78, 5) is 64.7. The first-order valence-electron chi connectivity index (χ1n) is 15.0. The molecule has 3 aliphatic heterocycles. The number of β-lactam (4-membered cyclic amide) rings is 1. The number of aliphatic hydroxyl groups excluding tert-OH is 1. The van der Waals surface area contributed by atoms with Gasteiger partial charge in [-0.1, -0.05) is 5.16 Å². The number of aliphatic carboxylic acids is 1. The van der Waals surface area contributed by atoms with Gasteiger partial charge in [0.25, 0.3) is 11.8 Å². The maximum absolute atomic E-state index is 13.4. The summed E-state index contributed by atoms with van der Waals surface area (Å²) >= 11 is 2.42. The van der Waals surface area contributed by atoms with Crippen molar-refractivity contribution in [1.29, 1.82) is 0 Å². The highest BCUT2D eigenvalue weighted by molar-refractivity contribution is 8.00. The lowest BCUT2D eigenvalue weighted by molar-refractivity contribution is -0.698. The molecule has 1 aliphatic carbocycles. The number of anilines is 1. The molecule has 242 valence electrons. The Morgan fingerprint density at radius 3 is 2.70 bits per heavy atom. The number of carbonyl (C=O) groups excluding carboxylic acids is 4. The molecule has 3 fully saturated rings. The molecule has 0 unspecified atom stereocenters. The lowest BCUT2D eigenvalue weighted by Crippen LogP contribution is -2.71. The molecule has 2 saturated heterocycles. The number of carbonyl (C=O) groups is 4. The first-order chi connectivity index (χ1) is 22.2. The number of aromatic nitrogens is 2. The van der Waals surface area contributed by atoms with E-state index in [-0.39, 0.29) is 46.6 Å². The maximum Gasteiger partial charge on any atom is 0.276 e. The van der Waals surface area contributed by atoms with E-state index < -0.39 is 29.2 Å². The smallest absolute Gasteiger partial charge is 0.276 e. The summed E-state index contributed by atoms with van der Waals surface area (Å²) in [7, 11) is 0. The summed E-state index contributed by atoms with van der Waals surface area (Å²) < 4.78 is 1.84. The van der Waals surface area contributed by atoms with Crippen molar-refractivity contribution >= 4 is 57.6 Å². The second kappa shape index (κ2) is 13.6. The van der Waals surface area contributed by atoms with Crippen molar-refractivity contribution in [2.45, 2.75) is 62.7 Å². The van der Waals surface area contributed by atoms with Gasteiger partial charge in [0, 0.05) is 41.9 Å². The number of fused-ring (bicyclic) bond motifs is 1. The normalized spacial score (nSPS) is 22.8. The molecule has 2 aromatic rings. The minimum atomic E-state index is -1.54. The molecule has 0 spiro atoms. The predicted molar refractivity (Wildman–Crippen MR) is 165 cm³/mol. The number of pyridine rings is 1. The quantitative estimate of drug-likeness (QED) is 0.0919. The van der Waals surface area contributed by atoms with Crippen molar-refractivity contribution in [3.63, 3.8) is 0 Å². The molecule has 16 heteroatoms. The molecule has 0 bridgehead atoms. The van der Waals surface area contributed by atoms with Crippen LogP contribution in [0.1, 0.15) is 43.4 Å². The fraction of sp³-hybridized carbons (Fsp3) is 0.433. The highest BCUT2D eigenvalue weighted by Crippen LogP contribution is 2.41. The number of hydrogen-bond donors (Lipinski definition) is 3. The second-order valence-electron chi connectivity index (χ2n) is 11.4. The predicted octanol–water partition coefficient (Wildman–Crippen LogP) is -0.569. The van der Waals surface area contributed by atoms with Gasteiger partial charge in [-0.15, -0.1) is 23.1 Å². The summed E-state index contributed by atoms with van der Waals surface area (Å²) in [5.74, 6) is -2.86. The van der Waals surface area contributed by atoms with Crippen LogP contribution in [0.4, 0.5) is 5.13 Å². The third-order valence-corrected chi connectivity index (χ3v) is 10.3. The van der Waals surface area contributed by atoms with Gasteiger partial charge in [-0.05, 0) is 49.3 Å². The van der Waals surface area contributed by atoms with E-state index >= 15 is 0 Å². The number of nitrogens with zero attached hydrogens (tertiary/aromatic N) is 5. The van der Waals surface area contributed by atoms with Crippen LogP contribution in [-0.2, 0) is 37.1 Å².